The van der Waals surface area contributed by atoms with Crippen LogP contribution in [0.4, 0.5) is 5.00 Å². The molecule has 1 aromatic carbocycles. The summed E-state index contributed by atoms with van der Waals surface area (Å²) in [6, 6.07) is 8.45. The quantitative estimate of drug-likeness (QED) is 0.339. The van der Waals surface area contributed by atoms with E-state index < -0.39 is 0 Å². The van der Waals surface area contributed by atoms with Crippen LogP contribution in [0.5, 0.6) is 5.75 Å². The lowest BCUT2D eigenvalue weighted by molar-refractivity contribution is -0.113. The van der Waals surface area contributed by atoms with E-state index >= 15 is 0 Å². The van der Waals surface area contributed by atoms with E-state index in [-0.39, 0.29) is 17.1 Å². The number of aryl methyl sites for hydroxylation is 2. The molecule has 0 fully saturated rings. The molecular weight excluding hydrogens is 502 g/mol. The highest BCUT2D eigenvalue weighted by atomic mass is 32.2. The van der Waals surface area contributed by atoms with E-state index in [1.807, 2.05) is 37.5 Å². The third-order valence-corrected chi connectivity index (χ3v) is 9.00. The van der Waals surface area contributed by atoms with E-state index in [4.69, 9.17) is 4.74 Å². The number of rotatable bonds is 8. The predicted octanol–water partition coefficient (Wildman–Crippen LogP) is 6.31. The Morgan fingerprint density at radius 2 is 2.00 bits per heavy atom. The molecule has 0 saturated carbocycles. The summed E-state index contributed by atoms with van der Waals surface area (Å²) in [5.74, 6) is 2.14. The van der Waals surface area contributed by atoms with Gasteiger partial charge < -0.3 is 14.6 Å². The van der Waals surface area contributed by atoms with Gasteiger partial charge >= 0.3 is 0 Å². The maximum atomic E-state index is 12.9. The molecule has 1 aliphatic rings. The topological polar surface area (TPSA) is 92.8 Å². The molecule has 1 aliphatic carbocycles. The molecule has 0 spiro atoms. The number of thiophene rings is 1. The molecule has 7 nitrogen and oxygen atoms in total. The number of carbonyl (C=O) groups excluding carboxylic acids is 1. The van der Waals surface area contributed by atoms with Gasteiger partial charge in [0, 0.05) is 11.4 Å². The zero-order valence-electron chi connectivity index (χ0n) is 22.5. The van der Waals surface area contributed by atoms with Crippen molar-refractivity contribution in [2.45, 2.75) is 79.1 Å². The number of anilines is 1. The number of thioether (sulfide) groups is 1. The Bertz CT molecular complexity index is 1310. The van der Waals surface area contributed by atoms with E-state index in [0.717, 1.165) is 47.5 Å². The summed E-state index contributed by atoms with van der Waals surface area (Å²) in [5.41, 5.74) is 4.28. The number of carbonyl (C=O) groups is 1. The molecule has 1 atom stereocenters. The van der Waals surface area contributed by atoms with E-state index in [9.17, 15) is 10.1 Å². The monoisotopic (exact) mass is 537 g/mol. The summed E-state index contributed by atoms with van der Waals surface area (Å²) in [5, 5.41) is 22.8. The number of nitriles is 1. The summed E-state index contributed by atoms with van der Waals surface area (Å²) in [6.07, 6.45) is 2.94. The summed E-state index contributed by atoms with van der Waals surface area (Å²) < 4.78 is 7.94. The van der Waals surface area contributed by atoms with Gasteiger partial charge in [-0.3, -0.25) is 4.79 Å². The first-order valence-electron chi connectivity index (χ1n) is 12.7. The van der Waals surface area contributed by atoms with Crippen LogP contribution in [-0.2, 0) is 30.8 Å². The maximum absolute atomic E-state index is 12.9. The number of amides is 1. The van der Waals surface area contributed by atoms with Gasteiger partial charge in [0.15, 0.2) is 11.0 Å². The first-order valence-corrected chi connectivity index (χ1v) is 14.5. The fourth-order valence-electron chi connectivity index (χ4n) is 4.84. The summed E-state index contributed by atoms with van der Waals surface area (Å²) in [7, 11) is 0. The fourth-order valence-corrected chi connectivity index (χ4v) is 6.95. The number of hydrogen-bond acceptors (Lipinski definition) is 7. The van der Waals surface area contributed by atoms with Crippen LogP contribution in [0.1, 0.15) is 67.1 Å². The molecule has 3 aromatic rings. The van der Waals surface area contributed by atoms with Crippen LogP contribution >= 0.6 is 23.1 Å². The molecule has 1 amide bonds. The highest BCUT2D eigenvalue weighted by Gasteiger charge is 2.32. The molecule has 196 valence electrons. The van der Waals surface area contributed by atoms with Gasteiger partial charge in [0.1, 0.15) is 23.4 Å². The van der Waals surface area contributed by atoms with Crippen molar-refractivity contribution in [3.63, 3.8) is 0 Å². The third kappa shape index (κ3) is 6.36. The van der Waals surface area contributed by atoms with E-state index in [1.54, 1.807) is 11.3 Å². The van der Waals surface area contributed by atoms with Crippen LogP contribution in [0.25, 0.3) is 0 Å². The van der Waals surface area contributed by atoms with Gasteiger partial charge in [-0.25, -0.2) is 0 Å². The first kappa shape index (κ1) is 27.2. The lowest BCUT2D eigenvalue weighted by atomic mass is 9.72. The highest BCUT2D eigenvalue weighted by Crippen LogP contribution is 2.44. The second-order valence-corrected chi connectivity index (χ2v) is 12.8. The summed E-state index contributed by atoms with van der Waals surface area (Å²) >= 11 is 2.90. The largest absolute Gasteiger partial charge is 0.486 e. The Balaban J connectivity index is 1.38. The molecule has 9 heteroatoms. The van der Waals surface area contributed by atoms with Gasteiger partial charge in [0.05, 0.1) is 11.3 Å². The number of ether oxygens (including phenoxy) is 1. The zero-order valence-corrected chi connectivity index (χ0v) is 24.1. The molecule has 2 heterocycles. The van der Waals surface area contributed by atoms with Crippen LogP contribution in [0.2, 0.25) is 0 Å². The number of benzene rings is 1. The summed E-state index contributed by atoms with van der Waals surface area (Å²) in [4.78, 5) is 14.1. The molecule has 37 heavy (non-hydrogen) atoms. The van der Waals surface area contributed by atoms with Crippen molar-refractivity contribution in [1.82, 2.24) is 14.8 Å². The lowest BCUT2D eigenvalue weighted by Gasteiger charge is -2.33. The van der Waals surface area contributed by atoms with E-state index in [2.05, 4.69) is 48.4 Å². The Morgan fingerprint density at radius 3 is 2.65 bits per heavy atom. The van der Waals surface area contributed by atoms with E-state index in [1.165, 1.54) is 16.6 Å². The molecule has 0 radical (unpaired) electrons. The minimum Gasteiger partial charge on any atom is -0.486 e. The number of fused-ring (bicyclic) bond motifs is 1. The molecule has 0 bridgehead atoms. The lowest BCUT2D eigenvalue weighted by Crippen LogP contribution is -2.26. The molecule has 4 rings (SSSR count). The van der Waals surface area contributed by atoms with Gasteiger partial charge in [-0.15, -0.1) is 21.5 Å². The van der Waals surface area contributed by atoms with Crippen molar-refractivity contribution in [3.05, 3.63) is 51.2 Å². The Kier molecular flexibility index (Phi) is 8.29. The van der Waals surface area contributed by atoms with Crippen molar-refractivity contribution >= 4 is 34.0 Å². The first-order chi connectivity index (χ1) is 17.6. The minimum atomic E-state index is -0.147. The van der Waals surface area contributed by atoms with Crippen molar-refractivity contribution < 1.29 is 9.53 Å². The average Bonchev–Trinajstić information content (AvgIpc) is 3.39. The number of nitrogens with one attached hydrogen (secondary N) is 1. The number of nitrogens with zero attached hydrogens (tertiary/aromatic N) is 4. The standard InChI is InChI=1S/C28H35N5O2S2/c1-7-33-24(15-35-20-11-17(2)10-18(3)12-20)31-32-27(33)36-16-25(34)30-26-22(14-29)21-9-8-19(28(4,5)6)13-23(21)37-26/h10-12,19H,7-9,13,15-16H2,1-6H3,(H,30,34). The number of hydrogen-bond donors (Lipinski definition) is 1. The van der Waals surface area contributed by atoms with Crippen LogP contribution in [-0.4, -0.2) is 26.4 Å². The second kappa shape index (κ2) is 11.3. The zero-order chi connectivity index (χ0) is 26.7. The van der Waals surface area contributed by atoms with E-state index in [0.29, 0.717) is 34.8 Å². The van der Waals surface area contributed by atoms with Crippen LogP contribution in [0, 0.1) is 36.5 Å². The SMILES string of the molecule is CCn1c(COc2cc(C)cc(C)c2)nnc1SCC(=O)Nc1sc2c(c1C#N)CCC(C(C)(C)C)C2. The molecule has 1 unspecified atom stereocenters. The van der Waals surface area contributed by atoms with Crippen molar-refractivity contribution in [3.8, 4) is 11.8 Å². The molecule has 1 N–H and O–H groups in total. The van der Waals surface area contributed by atoms with Crippen molar-refractivity contribution in [1.29, 1.82) is 5.26 Å². The Hall–Kier alpha value is -2.83. The number of aromatic nitrogens is 3. The molecular formula is C28H35N5O2S2. The minimum absolute atomic E-state index is 0.147. The van der Waals surface area contributed by atoms with Crippen LogP contribution in [0.15, 0.2) is 23.4 Å². The molecule has 2 aromatic heterocycles. The van der Waals surface area contributed by atoms with Crippen LogP contribution in [0.3, 0.4) is 0 Å². The predicted molar refractivity (Wildman–Crippen MR) is 149 cm³/mol. The van der Waals surface area contributed by atoms with Gasteiger partial charge in [-0.2, -0.15) is 5.26 Å². The highest BCUT2D eigenvalue weighted by molar-refractivity contribution is 7.99. The maximum Gasteiger partial charge on any atom is 0.235 e. The van der Waals surface area contributed by atoms with Gasteiger partial charge in [-0.05, 0) is 80.2 Å². The van der Waals surface area contributed by atoms with Crippen molar-refractivity contribution in [2.24, 2.45) is 11.3 Å². The van der Waals surface area contributed by atoms with Crippen molar-refractivity contribution in [2.75, 3.05) is 11.1 Å². The smallest absolute Gasteiger partial charge is 0.235 e. The average molecular weight is 538 g/mol. The molecule has 0 saturated heterocycles. The van der Waals surface area contributed by atoms with Gasteiger partial charge in [0.25, 0.3) is 0 Å². The summed E-state index contributed by atoms with van der Waals surface area (Å²) in [6.45, 7) is 13.9. The van der Waals surface area contributed by atoms with Gasteiger partial charge in [-0.1, -0.05) is 38.6 Å². The van der Waals surface area contributed by atoms with Crippen LogP contribution < -0.4 is 10.1 Å². The third-order valence-electron chi connectivity index (χ3n) is 6.86. The Labute approximate surface area is 227 Å². The normalized spacial score (nSPS) is 15.2. The Morgan fingerprint density at radius 1 is 1.27 bits per heavy atom. The van der Waals surface area contributed by atoms with Gasteiger partial charge in [0.2, 0.25) is 5.91 Å². The molecule has 0 aliphatic heterocycles. The second-order valence-electron chi connectivity index (χ2n) is 10.7. The fraction of sp³-hybridized carbons (Fsp3) is 0.500.